The third kappa shape index (κ3) is 3.01. The van der Waals surface area contributed by atoms with Gasteiger partial charge < -0.3 is 10.6 Å². The monoisotopic (exact) mass is 296 g/mol. The Morgan fingerprint density at radius 3 is 2.24 bits per heavy atom. The summed E-state index contributed by atoms with van der Waals surface area (Å²) in [6.45, 7) is 0. The third-order valence-electron chi connectivity index (χ3n) is 3.16. The minimum Gasteiger partial charge on any atom is -0.332 e. The first-order valence-electron chi connectivity index (χ1n) is 6.54. The van der Waals surface area contributed by atoms with Crippen LogP contribution in [-0.2, 0) is 0 Å². The number of hydrogen-bond donors (Lipinski definition) is 2. The van der Waals surface area contributed by atoms with Gasteiger partial charge in [-0.05, 0) is 35.8 Å². The number of benzene rings is 3. The molecule has 104 valence electrons. The van der Waals surface area contributed by atoms with E-state index >= 15 is 0 Å². The van der Waals surface area contributed by atoms with Crippen LogP contribution < -0.4 is 10.6 Å². The van der Waals surface area contributed by atoms with E-state index in [0.29, 0.717) is 10.8 Å². The molecule has 0 aliphatic carbocycles. The van der Waals surface area contributed by atoms with Crippen LogP contribution in [0.25, 0.3) is 10.8 Å². The van der Waals surface area contributed by atoms with Crippen molar-refractivity contribution in [2.24, 2.45) is 0 Å². The smallest absolute Gasteiger partial charge is 0.175 e. The number of nitrogens with one attached hydrogen (secondary N) is 2. The maximum Gasteiger partial charge on any atom is 0.175 e. The number of fused-ring (bicyclic) bond motifs is 1. The summed E-state index contributed by atoms with van der Waals surface area (Å²) in [5.41, 5.74) is 1.25. The van der Waals surface area contributed by atoms with Gasteiger partial charge in [0.15, 0.2) is 5.11 Å². The summed E-state index contributed by atoms with van der Waals surface area (Å²) in [4.78, 5) is 0. The van der Waals surface area contributed by atoms with E-state index in [4.69, 9.17) is 12.2 Å². The molecular formula is C17H13FN2S. The minimum absolute atomic E-state index is 0.334. The van der Waals surface area contributed by atoms with Gasteiger partial charge in [0.1, 0.15) is 5.82 Å². The Bertz CT molecular complexity index is 796. The number of thiocarbonyl (C=S) groups is 1. The number of anilines is 2. The second-order valence-electron chi connectivity index (χ2n) is 4.59. The van der Waals surface area contributed by atoms with Crippen LogP contribution in [0.15, 0.2) is 66.7 Å². The molecule has 0 heterocycles. The highest BCUT2D eigenvalue weighted by Gasteiger charge is 2.05. The van der Waals surface area contributed by atoms with Gasteiger partial charge in [0.2, 0.25) is 0 Å². The first-order chi connectivity index (χ1) is 10.2. The minimum atomic E-state index is -0.334. The molecule has 0 saturated heterocycles. The average Bonchev–Trinajstić information content (AvgIpc) is 2.50. The van der Waals surface area contributed by atoms with E-state index < -0.39 is 0 Å². The first-order valence-corrected chi connectivity index (χ1v) is 6.95. The molecule has 2 N–H and O–H groups in total. The largest absolute Gasteiger partial charge is 0.332 e. The zero-order chi connectivity index (χ0) is 14.7. The summed E-state index contributed by atoms with van der Waals surface area (Å²) < 4.78 is 13.6. The van der Waals surface area contributed by atoms with Crippen molar-refractivity contribution < 1.29 is 4.39 Å². The van der Waals surface area contributed by atoms with Crippen LogP contribution in [0.2, 0.25) is 0 Å². The van der Waals surface area contributed by atoms with Crippen molar-refractivity contribution in [1.82, 2.24) is 0 Å². The number of hydrogen-bond acceptors (Lipinski definition) is 1. The molecule has 0 fully saturated rings. The van der Waals surface area contributed by atoms with Gasteiger partial charge in [0.05, 0.1) is 5.69 Å². The van der Waals surface area contributed by atoms with Crippen molar-refractivity contribution in [1.29, 1.82) is 0 Å². The molecule has 3 rings (SSSR count). The molecule has 0 unspecified atom stereocenters. The van der Waals surface area contributed by atoms with Gasteiger partial charge in [-0.3, -0.25) is 0 Å². The Morgan fingerprint density at radius 2 is 1.38 bits per heavy atom. The predicted molar refractivity (Wildman–Crippen MR) is 90.2 cm³/mol. The predicted octanol–water partition coefficient (Wildman–Crippen LogP) is 4.79. The van der Waals surface area contributed by atoms with Crippen molar-refractivity contribution in [3.63, 3.8) is 0 Å². The second-order valence-corrected chi connectivity index (χ2v) is 4.99. The fraction of sp³-hybridized carbons (Fsp3) is 0. The Kier molecular flexibility index (Phi) is 3.79. The second kappa shape index (κ2) is 5.89. The zero-order valence-corrected chi connectivity index (χ0v) is 12.0. The lowest BCUT2D eigenvalue weighted by Gasteiger charge is -2.13. The standard InChI is InChI=1S/C17H13FN2S/c18-14-9-3-4-10-16(14)20-17(21)19-15-11-5-7-12-6-1-2-8-13(12)15/h1-11H,(H2,19,20,21). The molecule has 0 aromatic heterocycles. The van der Waals surface area contributed by atoms with E-state index in [0.717, 1.165) is 16.5 Å². The summed E-state index contributed by atoms with van der Waals surface area (Å²) in [5.74, 6) is -0.334. The first kappa shape index (κ1) is 13.5. The van der Waals surface area contributed by atoms with Gasteiger partial charge in [-0.1, -0.05) is 48.5 Å². The molecule has 4 heteroatoms. The molecule has 0 bridgehead atoms. The Morgan fingerprint density at radius 1 is 0.762 bits per heavy atom. The quantitative estimate of drug-likeness (QED) is 0.665. The lowest BCUT2D eigenvalue weighted by atomic mass is 10.1. The van der Waals surface area contributed by atoms with E-state index in [1.807, 2.05) is 42.5 Å². The van der Waals surface area contributed by atoms with Crippen LogP contribution in [-0.4, -0.2) is 5.11 Å². The molecule has 2 nitrogen and oxygen atoms in total. The molecule has 0 aliphatic rings. The van der Waals surface area contributed by atoms with Crippen LogP contribution in [0, 0.1) is 5.82 Å². The van der Waals surface area contributed by atoms with Gasteiger partial charge >= 0.3 is 0 Å². The van der Waals surface area contributed by atoms with Gasteiger partial charge in [-0.2, -0.15) is 0 Å². The van der Waals surface area contributed by atoms with Gasteiger partial charge in [0, 0.05) is 11.1 Å². The molecular weight excluding hydrogens is 283 g/mol. The average molecular weight is 296 g/mol. The van der Waals surface area contributed by atoms with Crippen molar-refractivity contribution in [3.05, 3.63) is 72.5 Å². The highest BCUT2D eigenvalue weighted by Crippen LogP contribution is 2.23. The van der Waals surface area contributed by atoms with E-state index in [9.17, 15) is 4.39 Å². The summed E-state index contributed by atoms with van der Waals surface area (Å²) in [7, 11) is 0. The van der Waals surface area contributed by atoms with E-state index in [-0.39, 0.29) is 5.82 Å². The number of rotatable bonds is 2. The van der Waals surface area contributed by atoms with Crippen LogP contribution in [0.3, 0.4) is 0 Å². The van der Waals surface area contributed by atoms with Gasteiger partial charge in [-0.15, -0.1) is 0 Å². The fourth-order valence-electron chi connectivity index (χ4n) is 2.17. The highest BCUT2D eigenvalue weighted by molar-refractivity contribution is 7.80. The Hall–Kier alpha value is -2.46. The van der Waals surface area contributed by atoms with Crippen LogP contribution in [0.5, 0.6) is 0 Å². The number of halogens is 1. The van der Waals surface area contributed by atoms with Crippen molar-refractivity contribution in [2.75, 3.05) is 10.6 Å². The topological polar surface area (TPSA) is 24.1 Å². The SMILES string of the molecule is Fc1ccccc1NC(=S)Nc1cccc2ccccc12. The third-order valence-corrected chi connectivity index (χ3v) is 3.36. The summed E-state index contributed by atoms with van der Waals surface area (Å²) in [6, 6.07) is 20.4. The molecule has 3 aromatic rings. The normalized spacial score (nSPS) is 10.3. The molecule has 0 spiro atoms. The van der Waals surface area contributed by atoms with Crippen molar-refractivity contribution >= 4 is 39.5 Å². The zero-order valence-electron chi connectivity index (χ0n) is 11.1. The van der Waals surface area contributed by atoms with E-state index in [2.05, 4.69) is 10.6 Å². The highest BCUT2D eigenvalue weighted by atomic mass is 32.1. The molecule has 21 heavy (non-hydrogen) atoms. The summed E-state index contributed by atoms with van der Waals surface area (Å²) in [5, 5.41) is 8.53. The molecule has 0 radical (unpaired) electrons. The summed E-state index contributed by atoms with van der Waals surface area (Å²) >= 11 is 5.25. The van der Waals surface area contributed by atoms with Crippen molar-refractivity contribution in [2.45, 2.75) is 0 Å². The maximum atomic E-state index is 13.6. The molecule has 0 aliphatic heterocycles. The molecule has 3 aromatic carbocycles. The lowest BCUT2D eigenvalue weighted by Crippen LogP contribution is -2.19. The summed E-state index contributed by atoms with van der Waals surface area (Å²) in [6.07, 6.45) is 0. The van der Waals surface area contributed by atoms with Crippen LogP contribution >= 0.6 is 12.2 Å². The fourth-order valence-corrected chi connectivity index (χ4v) is 2.39. The van der Waals surface area contributed by atoms with Crippen LogP contribution in [0.1, 0.15) is 0 Å². The molecule has 0 amide bonds. The Balaban J connectivity index is 1.82. The van der Waals surface area contributed by atoms with Crippen molar-refractivity contribution in [3.8, 4) is 0 Å². The molecule has 0 atom stereocenters. The van der Waals surface area contributed by atoms with E-state index in [1.165, 1.54) is 6.07 Å². The maximum absolute atomic E-state index is 13.6. The van der Waals surface area contributed by atoms with E-state index in [1.54, 1.807) is 18.2 Å². The van der Waals surface area contributed by atoms with Gasteiger partial charge in [-0.25, -0.2) is 4.39 Å². The Labute approximate surface area is 127 Å². The lowest BCUT2D eigenvalue weighted by molar-refractivity contribution is 0.632. The number of para-hydroxylation sites is 1. The van der Waals surface area contributed by atoms with Crippen LogP contribution in [0.4, 0.5) is 15.8 Å². The molecule has 0 saturated carbocycles. The van der Waals surface area contributed by atoms with Gasteiger partial charge in [0.25, 0.3) is 0 Å².